The lowest BCUT2D eigenvalue weighted by atomic mass is 9.75. The highest BCUT2D eigenvalue weighted by Crippen LogP contribution is 2.41. The molecule has 0 atom stereocenters. The van der Waals surface area contributed by atoms with Crippen molar-refractivity contribution < 1.29 is 14.7 Å². The van der Waals surface area contributed by atoms with Crippen LogP contribution in [0.5, 0.6) is 0 Å². The third-order valence-electron chi connectivity index (χ3n) is 6.17. The molecule has 29 heavy (non-hydrogen) atoms. The van der Waals surface area contributed by atoms with Gasteiger partial charge in [-0.1, -0.05) is 48.5 Å². The van der Waals surface area contributed by atoms with Crippen molar-refractivity contribution in [2.24, 2.45) is 5.92 Å². The molecule has 0 N–H and O–H groups in total. The van der Waals surface area contributed by atoms with E-state index in [0.29, 0.717) is 12.8 Å². The van der Waals surface area contributed by atoms with Gasteiger partial charge in [0.25, 0.3) is 0 Å². The van der Waals surface area contributed by atoms with Crippen LogP contribution >= 0.6 is 0 Å². The Morgan fingerprint density at radius 2 is 1.41 bits per heavy atom. The molecule has 0 aromatic heterocycles. The standard InChI is InChI=1S/C25H28NO3/c1-24(2)14-19(15-25(3,4)26(24)28)23(27)29-16-22-20-11-7-5-9-17(20)13-18-10-6-8-12-21(18)22/h5-13,19H,14-16H2,1-4H3. The zero-order valence-electron chi connectivity index (χ0n) is 17.6. The van der Waals surface area contributed by atoms with E-state index >= 15 is 0 Å². The summed E-state index contributed by atoms with van der Waals surface area (Å²) in [5.41, 5.74) is -0.137. The molecule has 0 amide bonds. The highest BCUT2D eigenvalue weighted by Gasteiger charge is 2.48. The lowest BCUT2D eigenvalue weighted by Crippen LogP contribution is -2.59. The molecule has 0 spiro atoms. The monoisotopic (exact) mass is 390 g/mol. The number of hydrogen-bond donors (Lipinski definition) is 0. The molecule has 1 aliphatic heterocycles. The van der Waals surface area contributed by atoms with Crippen molar-refractivity contribution in [3.63, 3.8) is 0 Å². The van der Waals surface area contributed by atoms with E-state index in [4.69, 9.17) is 4.74 Å². The molecule has 1 saturated heterocycles. The van der Waals surface area contributed by atoms with Gasteiger partial charge in [0.15, 0.2) is 0 Å². The number of piperidine rings is 1. The fourth-order valence-corrected chi connectivity index (χ4v) is 4.95. The summed E-state index contributed by atoms with van der Waals surface area (Å²) in [7, 11) is 0. The summed E-state index contributed by atoms with van der Waals surface area (Å²) in [4.78, 5) is 13.0. The maximum Gasteiger partial charge on any atom is 0.309 e. The van der Waals surface area contributed by atoms with Gasteiger partial charge in [0.2, 0.25) is 0 Å². The first kappa shape index (κ1) is 19.9. The van der Waals surface area contributed by atoms with E-state index < -0.39 is 11.1 Å². The van der Waals surface area contributed by atoms with Crippen molar-refractivity contribution in [2.75, 3.05) is 0 Å². The number of fused-ring (bicyclic) bond motifs is 2. The van der Waals surface area contributed by atoms with Crippen molar-refractivity contribution in [3.05, 3.63) is 60.2 Å². The van der Waals surface area contributed by atoms with Crippen LogP contribution in [0.1, 0.15) is 46.1 Å². The Morgan fingerprint density at radius 3 is 1.93 bits per heavy atom. The largest absolute Gasteiger partial charge is 0.461 e. The number of esters is 1. The average molecular weight is 391 g/mol. The summed E-state index contributed by atoms with van der Waals surface area (Å²) in [6.07, 6.45) is 1.02. The summed E-state index contributed by atoms with van der Waals surface area (Å²) in [5, 5.41) is 18.2. The molecule has 151 valence electrons. The van der Waals surface area contributed by atoms with Crippen molar-refractivity contribution in [2.45, 2.75) is 58.2 Å². The molecule has 0 aliphatic carbocycles. The quantitative estimate of drug-likeness (QED) is 0.429. The topological polar surface area (TPSA) is 49.4 Å². The van der Waals surface area contributed by atoms with E-state index in [0.717, 1.165) is 32.2 Å². The summed E-state index contributed by atoms with van der Waals surface area (Å²) in [6.45, 7) is 7.84. The maximum atomic E-state index is 13.0. The van der Waals surface area contributed by atoms with Crippen LogP contribution in [0.15, 0.2) is 54.6 Å². The number of hydrogen-bond acceptors (Lipinski definition) is 3. The molecule has 3 aromatic carbocycles. The van der Waals surface area contributed by atoms with E-state index in [9.17, 15) is 10.0 Å². The van der Waals surface area contributed by atoms with Gasteiger partial charge in [-0.2, -0.15) is 0 Å². The van der Waals surface area contributed by atoms with Gasteiger partial charge in [-0.3, -0.25) is 4.79 Å². The second-order valence-corrected chi connectivity index (χ2v) is 9.43. The minimum Gasteiger partial charge on any atom is -0.461 e. The number of carbonyl (C=O) groups is 1. The third kappa shape index (κ3) is 3.63. The highest BCUT2D eigenvalue weighted by atomic mass is 16.5. The van der Waals surface area contributed by atoms with Crippen LogP contribution in [0.25, 0.3) is 21.5 Å². The fourth-order valence-electron chi connectivity index (χ4n) is 4.95. The van der Waals surface area contributed by atoms with E-state index in [2.05, 4.69) is 30.3 Å². The Morgan fingerprint density at radius 1 is 0.931 bits per heavy atom. The molecule has 4 heteroatoms. The Kier molecular flexibility index (Phi) is 4.88. The molecule has 1 fully saturated rings. The van der Waals surface area contributed by atoms with Crippen LogP contribution in [0.2, 0.25) is 0 Å². The number of hydroxylamine groups is 2. The fraction of sp³-hybridized carbons (Fsp3) is 0.400. The smallest absolute Gasteiger partial charge is 0.309 e. The van der Waals surface area contributed by atoms with E-state index in [1.54, 1.807) is 0 Å². The predicted molar refractivity (Wildman–Crippen MR) is 115 cm³/mol. The number of nitrogens with zero attached hydrogens (tertiary/aromatic N) is 1. The molecular formula is C25H28NO3. The third-order valence-corrected chi connectivity index (χ3v) is 6.17. The summed E-state index contributed by atoms with van der Waals surface area (Å²) in [6, 6.07) is 18.6. The summed E-state index contributed by atoms with van der Waals surface area (Å²) in [5.74, 6) is -0.484. The summed E-state index contributed by atoms with van der Waals surface area (Å²) >= 11 is 0. The second-order valence-electron chi connectivity index (χ2n) is 9.43. The van der Waals surface area contributed by atoms with Gasteiger partial charge in [-0.25, -0.2) is 0 Å². The van der Waals surface area contributed by atoms with Crippen molar-refractivity contribution >= 4 is 27.5 Å². The molecular weight excluding hydrogens is 362 g/mol. The number of ether oxygens (including phenoxy) is 1. The average Bonchev–Trinajstić information content (AvgIpc) is 2.68. The molecule has 3 aromatic rings. The van der Waals surface area contributed by atoms with E-state index in [1.807, 2.05) is 52.0 Å². The van der Waals surface area contributed by atoms with E-state index in [1.165, 1.54) is 0 Å². The Balaban J connectivity index is 1.62. The minimum absolute atomic E-state index is 0.212. The molecule has 0 saturated carbocycles. The second kappa shape index (κ2) is 7.12. The SMILES string of the molecule is CC1(C)CC(C(=O)OCc2c3ccccc3cc3ccccc23)CC(C)(C)N1[O]. The normalized spacial score (nSPS) is 19.5. The van der Waals surface area contributed by atoms with Gasteiger partial charge in [0, 0.05) is 16.6 Å². The van der Waals surface area contributed by atoms with Crippen molar-refractivity contribution in [1.82, 2.24) is 5.06 Å². The Hall–Kier alpha value is -2.43. The Bertz CT molecular complexity index is 998. The highest BCUT2D eigenvalue weighted by molar-refractivity contribution is 6.02. The number of benzene rings is 3. The predicted octanol–water partition coefficient (Wildman–Crippen LogP) is 5.65. The van der Waals surface area contributed by atoms with Crippen LogP contribution < -0.4 is 0 Å². The van der Waals surface area contributed by atoms with Crippen LogP contribution in [0.4, 0.5) is 0 Å². The van der Waals surface area contributed by atoms with Gasteiger partial charge >= 0.3 is 5.97 Å². The molecule has 0 unspecified atom stereocenters. The lowest BCUT2D eigenvalue weighted by Gasteiger charge is -2.49. The van der Waals surface area contributed by atoms with Crippen molar-refractivity contribution in [3.8, 4) is 0 Å². The first-order valence-corrected chi connectivity index (χ1v) is 10.2. The van der Waals surface area contributed by atoms with Crippen LogP contribution in [0, 0.1) is 5.92 Å². The molecule has 4 nitrogen and oxygen atoms in total. The maximum absolute atomic E-state index is 13.0. The van der Waals surface area contributed by atoms with Gasteiger partial charge < -0.3 is 4.74 Å². The van der Waals surface area contributed by atoms with Gasteiger partial charge in [0.05, 0.1) is 5.92 Å². The van der Waals surface area contributed by atoms with Gasteiger partial charge in [0.1, 0.15) is 6.61 Å². The number of carbonyl (C=O) groups excluding carboxylic acids is 1. The van der Waals surface area contributed by atoms with Gasteiger partial charge in [-0.05, 0) is 68.1 Å². The van der Waals surface area contributed by atoms with Crippen molar-refractivity contribution in [1.29, 1.82) is 0 Å². The minimum atomic E-state index is -0.586. The molecule has 4 rings (SSSR count). The lowest BCUT2D eigenvalue weighted by molar-refractivity contribution is -0.293. The molecule has 1 aliphatic rings. The Labute approximate surface area is 172 Å². The zero-order chi connectivity index (χ0) is 20.8. The molecule has 0 bridgehead atoms. The van der Waals surface area contributed by atoms with Crippen LogP contribution in [-0.2, 0) is 21.3 Å². The zero-order valence-corrected chi connectivity index (χ0v) is 17.6. The van der Waals surface area contributed by atoms with Crippen LogP contribution in [-0.4, -0.2) is 22.1 Å². The van der Waals surface area contributed by atoms with Crippen LogP contribution in [0.3, 0.4) is 0 Å². The van der Waals surface area contributed by atoms with E-state index in [-0.39, 0.29) is 18.5 Å². The molecule has 1 heterocycles. The summed E-state index contributed by atoms with van der Waals surface area (Å²) < 4.78 is 5.85. The first-order chi connectivity index (χ1) is 13.7. The number of rotatable bonds is 3. The van der Waals surface area contributed by atoms with Gasteiger partial charge in [-0.15, -0.1) is 10.3 Å². The first-order valence-electron chi connectivity index (χ1n) is 10.2. The molecule has 1 radical (unpaired) electrons.